The zero-order valence-electron chi connectivity index (χ0n) is 13.3. The average Bonchev–Trinajstić information content (AvgIpc) is 2.91. The summed E-state index contributed by atoms with van der Waals surface area (Å²) < 4.78 is 15.5. The number of carbonyl (C=O) groups is 2. The molecule has 1 aromatic carbocycles. The Morgan fingerprint density at radius 1 is 1.17 bits per heavy atom. The highest BCUT2D eigenvalue weighted by molar-refractivity contribution is 6.03. The minimum Gasteiger partial charge on any atom is -0.497 e. The molecule has 1 aliphatic carbocycles. The molecule has 1 aromatic heterocycles. The minimum atomic E-state index is -0.550. The van der Waals surface area contributed by atoms with Crippen LogP contribution in [0.25, 0.3) is 0 Å². The predicted molar refractivity (Wildman–Crippen MR) is 83.2 cm³/mol. The van der Waals surface area contributed by atoms with E-state index in [4.69, 9.17) is 13.9 Å². The minimum absolute atomic E-state index is 0.00321. The van der Waals surface area contributed by atoms with Crippen molar-refractivity contribution in [2.24, 2.45) is 0 Å². The van der Waals surface area contributed by atoms with E-state index in [1.807, 2.05) is 24.3 Å². The molecule has 1 unspecified atom stereocenters. The van der Waals surface area contributed by atoms with Crippen molar-refractivity contribution in [2.45, 2.75) is 25.7 Å². The lowest BCUT2D eigenvalue weighted by Crippen LogP contribution is -2.18. The number of Topliss-reactive ketones (excluding diaryl/α,β-unsaturated/α-hetero) is 1. The van der Waals surface area contributed by atoms with E-state index in [0.29, 0.717) is 29.7 Å². The van der Waals surface area contributed by atoms with E-state index >= 15 is 0 Å². The Hall–Kier alpha value is -2.56. The molecule has 0 radical (unpaired) electrons. The van der Waals surface area contributed by atoms with E-state index in [9.17, 15) is 9.59 Å². The average molecular weight is 314 g/mol. The van der Waals surface area contributed by atoms with Gasteiger partial charge in [-0.15, -0.1) is 0 Å². The fourth-order valence-electron chi connectivity index (χ4n) is 3.10. The van der Waals surface area contributed by atoms with E-state index in [1.165, 1.54) is 7.11 Å². The molecule has 0 fully saturated rings. The third kappa shape index (κ3) is 2.63. The fourth-order valence-corrected chi connectivity index (χ4v) is 3.10. The van der Waals surface area contributed by atoms with Crippen LogP contribution in [0.1, 0.15) is 50.1 Å². The number of furan rings is 1. The van der Waals surface area contributed by atoms with Crippen LogP contribution in [0.2, 0.25) is 0 Å². The second-order valence-electron chi connectivity index (χ2n) is 5.65. The van der Waals surface area contributed by atoms with Gasteiger partial charge in [0.15, 0.2) is 5.78 Å². The summed E-state index contributed by atoms with van der Waals surface area (Å²) in [6.45, 7) is 1.72. The predicted octanol–water partition coefficient (Wildman–Crippen LogP) is 3.30. The smallest absolute Gasteiger partial charge is 0.374 e. The molecule has 0 N–H and O–H groups in total. The van der Waals surface area contributed by atoms with Crippen LogP contribution in [0.5, 0.6) is 5.75 Å². The maximum Gasteiger partial charge on any atom is 0.374 e. The van der Waals surface area contributed by atoms with Gasteiger partial charge in [0, 0.05) is 18.4 Å². The Morgan fingerprint density at radius 3 is 2.48 bits per heavy atom. The van der Waals surface area contributed by atoms with Gasteiger partial charge in [0.2, 0.25) is 5.76 Å². The van der Waals surface area contributed by atoms with Crippen LogP contribution in [0.15, 0.2) is 28.7 Å². The van der Waals surface area contributed by atoms with Gasteiger partial charge in [0.25, 0.3) is 0 Å². The second kappa shape index (κ2) is 5.91. The first-order valence-corrected chi connectivity index (χ1v) is 7.42. The van der Waals surface area contributed by atoms with Gasteiger partial charge in [-0.2, -0.15) is 0 Å². The molecule has 120 valence electrons. The molecule has 0 amide bonds. The van der Waals surface area contributed by atoms with E-state index in [-0.39, 0.29) is 17.5 Å². The quantitative estimate of drug-likeness (QED) is 0.813. The standard InChI is InChI=1S/C18H18O5/c1-10-16-14(19)8-12(11-4-6-13(21-2)7-5-11)9-15(16)23-17(10)18(20)22-3/h4-7,12H,8-9H2,1-3H3. The van der Waals surface area contributed by atoms with Crippen LogP contribution in [-0.2, 0) is 11.2 Å². The second-order valence-corrected chi connectivity index (χ2v) is 5.65. The van der Waals surface area contributed by atoms with Crippen molar-refractivity contribution in [1.29, 1.82) is 0 Å². The fraction of sp³-hybridized carbons (Fsp3) is 0.333. The Bertz CT molecular complexity index is 754. The van der Waals surface area contributed by atoms with Crippen molar-refractivity contribution < 1.29 is 23.5 Å². The molecule has 3 rings (SSSR count). The summed E-state index contributed by atoms with van der Waals surface area (Å²) in [6.07, 6.45) is 0.992. The molecule has 1 atom stereocenters. The Labute approximate surface area is 134 Å². The summed E-state index contributed by atoms with van der Waals surface area (Å²) in [5, 5.41) is 0. The molecule has 0 aliphatic heterocycles. The van der Waals surface area contributed by atoms with Crippen LogP contribution in [0.3, 0.4) is 0 Å². The summed E-state index contributed by atoms with van der Waals surface area (Å²) in [6, 6.07) is 7.67. The van der Waals surface area contributed by atoms with Gasteiger partial charge in [0.1, 0.15) is 11.5 Å². The molecule has 0 bridgehead atoms. The summed E-state index contributed by atoms with van der Waals surface area (Å²) in [5.41, 5.74) is 2.17. The van der Waals surface area contributed by atoms with Gasteiger partial charge in [-0.25, -0.2) is 4.79 Å². The van der Waals surface area contributed by atoms with Gasteiger partial charge in [-0.3, -0.25) is 4.79 Å². The third-order valence-corrected chi connectivity index (χ3v) is 4.32. The van der Waals surface area contributed by atoms with Crippen molar-refractivity contribution in [3.63, 3.8) is 0 Å². The number of fused-ring (bicyclic) bond motifs is 1. The van der Waals surface area contributed by atoms with Crippen molar-refractivity contribution in [3.05, 3.63) is 52.5 Å². The zero-order valence-corrected chi connectivity index (χ0v) is 13.3. The number of ketones is 1. The highest BCUT2D eigenvalue weighted by Crippen LogP contribution is 2.37. The maximum absolute atomic E-state index is 12.5. The monoisotopic (exact) mass is 314 g/mol. The Morgan fingerprint density at radius 2 is 1.87 bits per heavy atom. The highest BCUT2D eigenvalue weighted by atomic mass is 16.5. The van der Waals surface area contributed by atoms with Crippen LogP contribution >= 0.6 is 0 Å². The Balaban J connectivity index is 1.93. The number of carbonyl (C=O) groups excluding carboxylic acids is 2. The van der Waals surface area contributed by atoms with Gasteiger partial charge >= 0.3 is 5.97 Å². The lowest BCUT2D eigenvalue weighted by molar-refractivity contribution is 0.0561. The molecule has 0 saturated heterocycles. The number of benzene rings is 1. The molecule has 5 nitrogen and oxygen atoms in total. The molecule has 1 aliphatic rings. The largest absolute Gasteiger partial charge is 0.497 e. The van der Waals surface area contributed by atoms with E-state index < -0.39 is 5.97 Å². The first-order chi connectivity index (χ1) is 11.0. The SMILES string of the molecule is COC(=O)c1oc2c(c1C)C(=O)CC(c1ccc(OC)cc1)C2. The highest BCUT2D eigenvalue weighted by Gasteiger charge is 2.34. The zero-order chi connectivity index (χ0) is 16.6. The Kier molecular flexibility index (Phi) is 3.94. The van der Waals surface area contributed by atoms with Gasteiger partial charge in [-0.1, -0.05) is 12.1 Å². The first-order valence-electron chi connectivity index (χ1n) is 7.42. The number of rotatable bonds is 3. The summed E-state index contributed by atoms with van der Waals surface area (Å²) in [4.78, 5) is 24.2. The van der Waals surface area contributed by atoms with Crippen LogP contribution in [0, 0.1) is 6.92 Å². The molecular formula is C18H18O5. The van der Waals surface area contributed by atoms with Gasteiger partial charge in [0.05, 0.1) is 19.8 Å². The van der Waals surface area contributed by atoms with Crippen LogP contribution < -0.4 is 4.74 Å². The van der Waals surface area contributed by atoms with Crippen molar-refractivity contribution in [1.82, 2.24) is 0 Å². The molecule has 23 heavy (non-hydrogen) atoms. The van der Waals surface area contributed by atoms with E-state index in [0.717, 1.165) is 11.3 Å². The first kappa shape index (κ1) is 15.3. The normalized spacial score (nSPS) is 16.8. The number of esters is 1. The summed E-state index contributed by atoms with van der Waals surface area (Å²) in [5.74, 6) is 0.964. The number of hydrogen-bond donors (Lipinski definition) is 0. The van der Waals surface area contributed by atoms with Crippen molar-refractivity contribution in [2.75, 3.05) is 14.2 Å². The van der Waals surface area contributed by atoms with Crippen molar-refractivity contribution >= 4 is 11.8 Å². The van der Waals surface area contributed by atoms with Crippen molar-refractivity contribution in [3.8, 4) is 5.75 Å². The lowest BCUT2D eigenvalue weighted by Gasteiger charge is -2.21. The molecule has 0 spiro atoms. The maximum atomic E-state index is 12.5. The third-order valence-electron chi connectivity index (χ3n) is 4.32. The van der Waals surface area contributed by atoms with Crippen LogP contribution in [-0.4, -0.2) is 26.0 Å². The van der Waals surface area contributed by atoms with E-state index in [2.05, 4.69) is 0 Å². The number of ether oxygens (including phenoxy) is 2. The summed E-state index contributed by atoms with van der Waals surface area (Å²) >= 11 is 0. The molecule has 2 aromatic rings. The molecule has 5 heteroatoms. The van der Waals surface area contributed by atoms with Gasteiger partial charge < -0.3 is 13.9 Å². The molecule has 1 heterocycles. The topological polar surface area (TPSA) is 65.7 Å². The number of methoxy groups -OCH3 is 2. The lowest BCUT2D eigenvalue weighted by atomic mass is 9.82. The van der Waals surface area contributed by atoms with Crippen LogP contribution in [0.4, 0.5) is 0 Å². The summed E-state index contributed by atoms with van der Waals surface area (Å²) in [7, 11) is 2.91. The van der Waals surface area contributed by atoms with Gasteiger partial charge in [-0.05, 0) is 30.5 Å². The van der Waals surface area contributed by atoms with E-state index in [1.54, 1.807) is 14.0 Å². The molecular weight excluding hydrogens is 296 g/mol. The number of hydrogen-bond acceptors (Lipinski definition) is 5. The molecule has 0 saturated carbocycles.